The van der Waals surface area contributed by atoms with Crippen LogP contribution in [0.5, 0.6) is 0 Å². The second-order valence-electron chi connectivity index (χ2n) is 4.44. The molecule has 0 spiro atoms. The normalized spacial score (nSPS) is 16.1. The predicted octanol–water partition coefficient (Wildman–Crippen LogP) is 1.72. The molecule has 1 aliphatic rings. The van der Waals surface area contributed by atoms with Gasteiger partial charge < -0.3 is 16.2 Å². The number of hydrogen-bond donors (Lipinski definition) is 3. The fourth-order valence-electron chi connectivity index (χ4n) is 1.68. The summed E-state index contributed by atoms with van der Waals surface area (Å²) in [6.45, 7) is 0.309. The van der Waals surface area contributed by atoms with Crippen molar-refractivity contribution in [1.82, 2.24) is 0 Å². The lowest BCUT2D eigenvalue weighted by Gasteiger charge is -2.13. The summed E-state index contributed by atoms with van der Waals surface area (Å²) >= 11 is 5.92. The standard InChI is InChI=1S/C12H13ClN2O3/c13-8-5-7(10(16)17)1-2-9(8)15-11(18)12(6-14)3-4-12/h1-2,5H,3-4,6,14H2,(H,15,18)(H,16,17). The van der Waals surface area contributed by atoms with E-state index in [0.29, 0.717) is 12.2 Å². The van der Waals surface area contributed by atoms with E-state index in [9.17, 15) is 9.59 Å². The fourth-order valence-corrected chi connectivity index (χ4v) is 1.91. The summed E-state index contributed by atoms with van der Waals surface area (Å²) in [4.78, 5) is 22.7. The number of carbonyl (C=O) groups is 2. The van der Waals surface area contributed by atoms with Crippen LogP contribution >= 0.6 is 11.6 Å². The molecule has 1 aromatic carbocycles. The van der Waals surface area contributed by atoms with E-state index in [0.717, 1.165) is 12.8 Å². The van der Waals surface area contributed by atoms with Crippen LogP contribution in [0.1, 0.15) is 23.2 Å². The Hall–Kier alpha value is -1.59. The fraction of sp³-hybridized carbons (Fsp3) is 0.333. The van der Waals surface area contributed by atoms with Crippen LogP contribution in [0.4, 0.5) is 5.69 Å². The summed E-state index contributed by atoms with van der Waals surface area (Å²) in [6, 6.07) is 4.18. The van der Waals surface area contributed by atoms with Crippen molar-refractivity contribution in [3.63, 3.8) is 0 Å². The van der Waals surface area contributed by atoms with Crippen LogP contribution in [-0.4, -0.2) is 23.5 Å². The highest BCUT2D eigenvalue weighted by molar-refractivity contribution is 6.34. The molecule has 2 rings (SSSR count). The number of carboxylic acids is 1. The molecule has 0 aromatic heterocycles. The lowest BCUT2D eigenvalue weighted by Crippen LogP contribution is -2.30. The molecule has 1 saturated carbocycles. The average molecular weight is 269 g/mol. The van der Waals surface area contributed by atoms with Gasteiger partial charge in [-0.25, -0.2) is 4.79 Å². The third-order valence-corrected chi connectivity index (χ3v) is 3.50. The summed E-state index contributed by atoms with van der Waals surface area (Å²) in [7, 11) is 0. The van der Waals surface area contributed by atoms with Gasteiger partial charge in [-0.1, -0.05) is 11.6 Å². The molecule has 0 bridgehead atoms. The Balaban J connectivity index is 2.15. The van der Waals surface area contributed by atoms with Gasteiger partial charge in [0.1, 0.15) is 0 Å². The zero-order valence-corrected chi connectivity index (χ0v) is 10.3. The molecular formula is C12H13ClN2O3. The highest BCUT2D eigenvalue weighted by Crippen LogP contribution is 2.45. The SMILES string of the molecule is NCC1(C(=O)Nc2ccc(C(=O)O)cc2Cl)CC1. The molecule has 0 saturated heterocycles. The Kier molecular flexibility index (Phi) is 3.28. The second kappa shape index (κ2) is 4.59. The van der Waals surface area contributed by atoms with Gasteiger partial charge in [-0.2, -0.15) is 0 Å². The maximum Gasteiger partial charge on any atom is 0.335 e. The molecule has 5 nitrogen and oxygen atoms in total. The second-order valence-corrected chi connectivity index (χ2v) is 4.85. The van der Waals surface area contributed by atoms with Gasteiger partial charge in [0.25, 0.3) is 0 Å². The monoisotopic (exact) mass is 268 g/mol. The third-order valence-electron chi connectivity index (χ3n) is 3.19. The van der Waals surface area contributed by atoms with Crippen LogP contribution in [0.15, 0.2) is 18.2 Å². The number of nitrogens with two attached hydrogens (primary N) is 1. The Morgan fingerprint density at radius 3 is 2.56 bits per heavy atom. The number of carbonyl (C=O) groups excluding carboxylic acids is 1. The average Bonchev–Trinajstić information content (AvgIpc) is 3.12. The van der Waals surface area contributed by atoms with Crippen molar-refractivity contribution in [3.8, 4) is 0 Å². The molecule has 96 valence electrons. The van der Waals surface area contributed by atoms with Crippen molar-refractivity contribution in [3.05, 3.63) is 28.8 Å². The van der Waals surface area contributed by atoms with E-state index in [1.807, 2.05) is 0 Å². The molecule has 0 atom stereocenters. The number of amides is 1. The van der Waals surface area contributed by atoms with Crippen LogP contribution in [0.25, 0.3) is 0 Å². The first-order chi connectivity index (χ1) is 8.48. The number of nitrogens with one attached hydrogen (secondary N) is 1. The minimum absolute atomic E-state index is 0.0814. The Labute approximate surface area is 109 Å². The summed E-state index contributed by atoms with van der Waals surface area (Å²) in [5.41, 5.74) is 5.58. The number of aromatic carboxylic acids is 1. The van der Waals surface area contributed by atoms with Crippen molar-refractivity contribution in [1.29, 1.82) is 0 Å². The summed E-state index contributed by atoms with van der Waals surface area (Å²) in [5.74, 6) is -1.22. The van der Waals surface area contributed by atoms with Crippen LogP contribution in [0, 0.1) is 5.41 Å². The van der Waals surface area contributed by atoms with Crippen molar-refractivity contribution in [2.75, 3.05) is 11.9 Å². The zero-order chi connectivity index (χ0) is 13.3. The summed E-state index contributed by atoms with van der Waals surface area (Å²) < 4.78 is 0. The van der Waals surface area contributed by atoms with Gasteiger partial charge in [0.05, 0.1) is 21.7 Å². The molecule has 18 heavy (non-hydrogen) atoms. The number of anilines is 1. The molecule has 0 unspecified atom stereocenters. The van der Waals surface area contributed by atoms with E-state index in [1.54, 1.807) is 0 Å². The van der Waals surface area contributed by atoms with E-state index in [2.05, 4.69) is 5.32 Å². The molecule has 1 aliphatic carbocycles. The van der Waals surface area contributed by atoms with Gasteiger partial charge in [0.15, 0.2) is 0 Å². The smallest absolute Gasteiger partial charge is 0.335 e. The van der Waals surface area contributed by atoms with Crippen LogP contribution in [0.2, 0.25) is 5.02 Å². The topological polar surface area (TPSA) is 92.4 Å². The van der Waals surface area contributed by atoms with Crippen LogP contribution in [0.3, 0.4) is 0 Å². The lowest BCUT2D eigenvalue weighted by atomic mass is 10.1. The molecule has 1 fully saturated rings. The van der Waals surface area contributed by atoms with Crippen LogP contribution in [-0.2, 0) is 4.79 Å². The van der Waals surface area contributed by atoms with Crippen molar-refractivity contribution in [2.24, 2.45) is 11.1 Å². The van der Waals surface area contributed by atoms with Gasteiger partial charge in [-0.15, -0.1) is 0 Å². The minimum atomic E-state index is -1.06. The molecule has 6 heteroatoms. The molecule has 0 aliphatic heterocycles. The van der Waals surface area contributed by atoms with Gasteiger partial charge in [0.2, 0.25) is 5.91 Å². The Morgan fingerprint density at radius 1 is 1.44 bits per heavy atom. The van der Waals surface area contributed by atoms with Gasteiger partial charge in [0, 0.05) is 6.54 Å². The van der Waals surface area contributed by atoms with Gasteiger partial charge in [-0.05, 0) is 31.0 Å². The van der Waals surface area contributed by atoms with E-state index in [4.69, 9.17) is 22.4 Å². The van der Waals surface area contributed by atoms with E-state index < -0.39 is 11.4 Å². The van der Waals surface area contributed by atoms with Crippen molar-refractivity contribution in [2.45, 2.75) is 12.8 Å². The summed E-state index contributed by atoms with van der Waals surface area (Å²) in [6.07, 6.45) is 1.56. The molecule has 4 N–H and O–H groups in total. The molecule has 1 amide bonds. The van der Waals surface area contributed by atoms with Gasteiger partial charge >= 0.3 is 5.97 Å². The zero-order valence-electron chi connectivity index (χ0n) is 9.57. The minimum Gasteiger partial charge on any atom is -0.478 e. The molecule has 1 aromatic rings. The summed E-state index contributed by atoms with van der Waals surface area (Å²) in [5, 5.41) is 11.7. The number of rotatable bonds is 4. The van der Waals surface area contributed by atoms with E-state index in [1.165, 1.54) is 18.2 Å². The Bertz CT molecular complexity index is 512. The maximum absolute atomic E-state index is 11.9. The number of benzene rings is 1. The third kappa shape index (κ3) is 2.32. The highest BCUT2D eigenvalue weighted by Gasteiger charge is 2.48. The number of halogens is 1. The molecular weight excluding hydrogens is 256 g/mol. The van der Waals surface area contributed by atoms with E-state index in [-0.39, 0.29) is 16.5 Å². The quantitative estimate of drug-likeness (QED) is 0.775. The number of hydrogen-bond acceptors (Lipinski definition) is 3. The largest absolute Gasteiger partial charge is 0.478 e. The lowest BCUT2D eigenvalue weighted by molar-refractivity contribution is -0.120. The van der Waals surface area contributed by atoms with Crippen molar-refractivity contribution < 1.29 is 14.7 Å². The maximum atomic E-state index is 11.9. The van der Waals surface area contributed by atoms with Gasteiger partial charge in [-0.3, -0.25) is 4.79 Å². The Morgan fingerprint density at radius 2 is 2.11 bits per heavy atom. The van der Waals surface area contributed by atoms with Crippen LogP contribution < -0.4 is 11.1 Å². The first-order valence-corrected chi connectivity index (χ1v) is 5.91. The highest BCUT2D eigenvalue weighted by atomic mass is 35.5. The first kappa shape index (κ1) is 12.9. The molecule has 0 radical (unpaired) electrons. The first-order valence-electron chi connectivity index (χ1n) is 5.53. The predicted molar refractivity (Wildman–Crippen MR) is 67.8 cm³/mol. The molecule has 0 heterocycles. The van der Waals surface area contributed by atoms with Crippen molar-refractivity contribution >= 4 is 29.2 Å². The number of carboxylic acid groups (broad SMARTS) is 1. The van der Waals surface area contributed by atoms with E-state index >= 15 is 0 Å².